The second-order valence-corrected chi connectivity index (χ2v) is 4.67. The van der Waals surface area contributed by atoms with E-state index in [2.05, 4.69) is 0 Å². The minimum absolute atomic E-state index is 0.349. The van der Waals surface area contributed by atoms with Gasteiger partial charge in [0.2, 0.25) is 5.91 Å². The van der Waals surface area contributed by atoms with Crippen LogP contribution in [0.15, 0.2) is 30.3 Å². The van der Waals surface area contributed by atoms with Crippen LogP contribution >= 0.6 is 0 Å². The average Bonchev–Trinajstić information content (AvgIpc) is 2.34. The van der Waals surface area contributed by atoms with E-state index in [0.29, 0.717) is 19.6 Å². The Morgan fingerprint density at radius 3 is 2.26 bits per heavy atom. The largest absolute Gasteiger partial charge is 0.481 e. The molecule has 0 spiro atoms. The fraction of sp³-hybridized carbons (Fsp3) is 0.429. The molecule has 1 aromatic rings. The molecule has 0 radical (unpaired) electrons. The minimum atomic E-state index is -1.09. The van der Waals surface area contributed by atoms with Crippen molar-refractivity contribution >= 4 is 11.9 Å². The summed E-state index contributed by atoms with van der Waals surface area (Å²) in [5.74, 6) is -1.44. The molecule has 0 atom stereocenters. The number of carboxylic acid groups (broad SMARTS) is 1. The number of aliphatic carboxylic acids is 1. The number of carboxylic acids is 1. The third kappa shape index (κ3) is 6.01. The quantitative estimate of drug-likeness (QED) is 0.748. The Bertz CT molecular complexity index is 418. The number of carbonyl (C=O) groups excluding carboxylic acids is 1. The first-order valence-electron chi connectivity index (χ1n) is 6.17. The zero-order valence-electron chi connectivity index (χ0n) is 11.4. The Kier molecular flexibility index (Phi) is 6.02. The van der Waals surface area contributed by atoms with Gasteiger partial charge in [0, 0.05) is 19.6 Å². The van der Waals surface area contributed by atoms with E-state index < -0.39 is 12.4 Å². The van der Waals surface area contributed by atoms with E-state index in [-0.39, 0.29) is 5.91 Å². The van der Waals surface area contributed by atoms with Gasteiger partial charge in [-0.15, -0.1) is 0 Å². The van der Waals surface area contributed by atoms with Crippen LogP contribution in [0, 0.1) is 0 Å². The molecule has 104 valence electrons. The maximum absolute atomic E-state index is 11.9. The van der Waals surface area contributed by atoms with Crippen molar-refractivity contribution in [3.63, 3.8) is 0 Å². The molecule has 19 heavy (non-hydrogen) atoms. The van der Waals surface area contributed by atoms with E-state index in [1.165, 1.54) is 0 Å². The van der Waals surface area contributed by atoms with Gasteiger partial charge in [0.05, 0.1) is 0 Å². The highest BCUT2D eigenvalue weighted by atomic mass is 16.4. The molecule has 5 heteroatoms. The molecule has 1 aromatic carbocycles. The van der Waals surface area contributed by atoms with Crippen molar-refractivity contribution in [3.8, 4) is 0 Å². The minimum Gasteiger partial charge on any atom is -0.481 e. The predicted octanol–water partition coefficient (Wildman–Crippen LogP) is 1.05. The van der Waals surface area contributed by atoms with Gasteiger partial charge in [-0.05, 0) is 19.7 Å². The van der Waals surface area contributed by atoms with Gasteiger partial charge in [0.25, 0.3) is 0 Å². The Morgan fingerprint density at radius 2 is 1.74 bits per heavy atom. The van der Waals surface area contributed by atoms with Gasteiger partial charge in [-0.3, -0.25) is 9.59 Å². The Labute approximate surface area is 113 Å². The van der Waals surface area contributed by atoms with E-state index in [1.807, 2.05) is 49.3 Å². The van der Waals surface area contributed by atoms with Crippen molar-refractivity contribution < 1.29 is 14.7 Å². The van der Waals surface area contributed by atoms with Crippen molar-refractivity contribution in [2.75, 3.05) is 27.2 Å². The summed E-state index contributed by atoms with van der Waals surface area (Å²) < 4.78 is 0. The normalized spacial score (nSPS) is 10.5. The monoisotopic (exact) mass is 264 g/mol. The van der Waals surface area contributed by atoms with Crippen molar-refractivity contribution in [2.45, 2.75) is 13.0 Å². The van der Waals surface area contributed by atoms with Crippen LogP contribution < -0.4 is 0 Å². The highest BCUT2D eigenvalue weighted by molar-refractivity contribution is 5.93. The molecule has 1 N–H and O–H groups in total. The fourth-order valence-corrected chi connectivity index (χ4v) is 1.66. The molecule has 0 aliphatic heterocycles. The summed E-state index contributed by atoms with van der Waals surface area (Å²) in [7, 11) is 3.84. The van der Waals surface area contributed by atoms with Gasteiger partial charge in [0.15, 0.2) is 0 Å². The lowest BCUT2D eigenvalue weighted by Crippen LogP contribution is -2.37. The van der Waals surface area contributed by atoms with E-state index in [9.17, 15) is 9.59 Å². The third-order valence-corrected chi connectivity index (χ3v) is 2.69. The number of hydrogen-bond donors (Lipinski definition) is 1. The SMILES string of the molecule is CN(C)CCN(Cc1ccccc1)C(=O)CC(=O)O. The van der Waals surface area contributed by atoms with E-state index in [0.717, 1.165) is 5.56 Å². The van der Waals surface area contributed by atoms with Crippen LogP contribution in [-0.4, -0.2) is 54.0 Å². The van der Waals surface area contributed by atoms with Gasteiger partial charge in [0.1, 0.15) is 6.42 Å². The molecule has 0 heterocycles. The molecule has 1 rings (SSSR count). The molecule has 5 nitrogen and oxygen atoms in total. The Morgan fingerprint density at radius 1 is 1.11 bits per heavy atom. The maximum Gasteiger partial charge on any atom is 0.312 e. The van der Waals surface area contributed by atoms with Crippen LogP contribution in [0.3, 0.4) is 0 Å². The summed E-state index contributed by atoms with van der Waals surface area (Å²) in [6.45, 7) is 1.67. The lowest BCUT2D eigenvalue weighted by Gasteiger charge is -2.24. The van der Waals surface area contributed by atoms with Crippen LogP contribution in [0.4, 0.5) is 0 Å². The number of likely N-dealkylation sites (N-methyl/N-ethyl adjacent to an activating group) is 1. The van der Waals surface area contributed by atoms with Gasteiger partial charge in [-0.1, -0.05) is 30.3 Å². The van der Waals surface area contributed by atoms with E-state index in [4.69, 9.17) is 5.11 Å². The highest BCUT2D eigenvalue weighted by Gasteiger charge is 2.17. The van der Waals surface area contributed by atoms with Crippen molar-refractivity contribution in [1.82, 2.24) is 9.80 Å². The maximum atomic E-state index is 11.9. The van der Waals surface area contributed by atoms with E-state index in [1.54, 1.807) is 4.90 Å². The molecule has 0 unspecified atom stereocenters. The van der Waals surface area contributed by atoms with Crippen molar-refractivity contribution in [2.24, 2.45) is 0 Å². The topological polar surface area (TPSA) is 60.9 Å². The third-order valence-electron chi connectivity index (χ3n) is 2.69. The van der Waals surface area contributed by atoms with Crippen LogP contribution in [0.5, 0.6) is 0 Å². The second-order valence-electron chi connectivity index (χ2n) is 4.67. The number of amides is 1. The van der Waals surface area contributed by atoms with Gasteiger partial charge in [-0.2, -0.15) is 0 Å². The van der Waals surface area contributed by atoms with Crippen LogP contribution in [0.2, 0.25) is 0 Å². The number of benzene rings is 1. The summed E-state index contributed by atoms with van der Waals surface area (Å²) in [6, 6.07) is 9.57. The summed E-state index contributed by atoms with van der Waals surface area (Å²) in [4.78, 5) is 26.1. The molecule has 0 bridgehead atoms. The summed E-state index contributed by atoms with van der Waals surface area (Å²) >= 11 is 0. The number of rotatable bonds is 7. The Hall–Kier alpha value is -1.88. The molecule has 0 aromatic heterocycles. The zero-order chi connectivity index (χ0) is 14.3. The van der Waals surface area contributed by atoms with Crippen LogP contribution in [0.25, 0.3) is 0 Å². The first-order chi connectivity index (χ1) is 8.99. The van der Waals surface area contributed by atoms with Crippen molar-refractivity contribution in [1.29, 1.82) is 0 Å². The molecule has 0 aliphatic rings. The average molecular weight is 264 g/mol. The molecule has 0 saturated heterocycles. The first-order valence-corrected chi connectivity index (χ1v) is 6.17. The lowest BCUT2D eigenvalue weighted by molar-refractivity contribution is -0.144. The summed E-state index contributed by atoms with van der Waals surface area (Å²) in [5.41, 5.74) is 1.000. The molecular weight excluding hydrogens is 244 g/mol. The molecule has 0 fully saturated rings. The van der Waals surface area contributed by atoms with Crippen LogP contribution in [0.1, 0.15) is 12.0 Å². The highest BCUT2D eigenvalue weighted by Crippen LogP contribution is 2.06. The molecular formula is C14H20N2O3. The number of nitrogens with zero attached hydrogens (tertiary/aromatic N) is 2. The Balaban J connectivity index is 2.68. The zero-order valence-corrected chi connectivity index (χ0v) is 11.4. The van der Waals surface area contributed by atoms with Gasteiger partial charge >= 0.3 is 5.97 Å². The number of hydrogen-bond acceptors (Lipinski definition) is 3. The molecule has 1 amide bonds. The number of carbonyl (C=O) groups is 2. The molecule has 0 saturated carbocycles. The predicted molar refractivity (Wildman–Crippen MR) is 72.7 cm³/mol. The summed E-state index contributed by atoms with van der Waals surface area (Å²) in [5, 5.41) is 8.72. The second kappa shape index (κ2) is 7.53. The lowest BCUT2D eigenvalue weighted by atomic mass is 10.2. The van der Waals surface area contributed by atoms with Crippen LogP contribution in [-0.2, 0) is 16.1 Å². The van der Waals surface area contributed by atoms with E-state index >= 15 is 0 Å². The molecule has 0 aliphatic carbocycles. The van der Waals surface area contributed by atoms with Gasteiger partial charge < -0.3 is 14.9 Å². The fourth-order valence-electron chi connectivity index (χ4n) is 1.66. The first kappa shape index (κ1) is 15.2. The summed E-state index contributed by atoms with van der Waals surface area (Å²) in [6.07, 6.45) is -0.458. The van der Waals surface area contributed by atoms with Gasteiger partial charge in [-0.25, -0.2) is 0 Å². The van der Waals surface area contributed by atoms with Crippen molar-refractivity contribution in [3.05, 3.63) is 35.9 Å². The smallest absolute Gasteiger partial charge is 0.312 e. The standard InChI is InChI=1S/C14H20N2O3/c1-15(2)8-9-16(13(17)10-14(18)19)11-12-6-4-3-5-7-12/h3-7H,8-11H2,1-2H3,(H,18,19).